The van der Waals surface area contributed by atoms with Crippen molar-refractivity contribution in [1.82, 2.24) is 9.62 Å². The first-order valence-electron chi connectivity index (χ1n) is 8.48. The van der Waals surface area contributed by atoms with E-state index < -0.39 is 10.0 Å². The maximum Gasteiger partial charge on any atom is 0.211 e. The molecule has 1 N–H and O–H groups in total. The van der Waals surface area contributed by atoms with Crippen molar-refractivity contribution in [2.45, 2.75) is 31.9 Å². The smallest absolute Gasteiger partial charge is 0.211 e. The van der Waals surface area contributed by atoms with Crippen LogP contribution in [0.15, 0.2) is 24.3 Å². The fourth-order valence-corrected chi connectivity index (χ4v) is 4.36. The van der Waals surface area contributed by atoms with Crippen molar-refractivity contribution in [3.05, 3.63) is 34.9 Å². The van der Waals surface area contributed by atoms with Crippen molar-refractivity contribution in [3.63, 3.8) is 0 Å². The standard InChI is InChI=1S/C17H25ClN2O3S/c1-2-24(21,22)19-9-15-6-7-17(23-11-15)12-20(13-17)10-14-4-3-5-16(18)8-14/h3-5,8,15,19H,2,6-7,9-13H2,1H3. The number of ether oxygens (including phenoxy) is 1. The molecule has 2 fully saturated rings. The Morgan fingerprint density at radius 3 is 2.83 bits per heavy atom. The van der Waals surface area contributed by atoms with Gasteiger partial charge in [-0.25, -0.2) is 13.1 Å². The van der Waals surface area contributed by atoms with Crippen LogP contribution in [0.2, 0.25) is 5.02 Å². The molecule has 134 valence electrons. The van der Waals surface area contributed by atoms with Crippen molar-refractivity contribution in [3.8, 4) is 0 Å². The van der Waals surface area contributed by atoms with Crippen LogP contribution in [0.25, 0.3) is 0 Å². The molecular weight excluding hydrogens is 348 g/mol. The van der Waals surface area contributed by atoms with Gasteiger partial charge in [0.15, 0.2) is 0 Å². The minimum atomic E-state index is -3.11. The summed E-state index contributed by atoms with van der Waals surface area (Å²) >= 11 is 6.03. The van der Waals surface area contributed by atoms with Gasteiger partial charge in [0.05, 0.1) is 18.0 Å². The monoisotopic (exact) mass is 372 g/mol. The lowest BCUT2D eigenvalue weighted by Crippen LogP contribution is -2.64. The van der Waals surface area contributed by atoms with E-state index in [4.69, 9.17) is 16.3 Å². The molecule has 3 rings (SSSR count). The van der Waals surface area contributed by atoms with Crippen molar-refractivity contribution >= 4 is 21.6 Å². The van der Waals surface area contributed by atoms with Gasteiger partial charge >= 0.3 is 0 Å². The molecule has 0 aromatic heterocycles. The second kappa shape index (κ2) is 7.30. The van der Waals surface area contributed by atoms with Gasteiger partial charge in [-0.15, -0.1) is 0 Å². The molecule has 0 radical (unpaired) electrons. The van der Waals surface area contributed by atoms with Crippen molar-refractivity contribution in [2.24, 2.45) is 5.92 Å². The molecule has 7 heteroatoms. The first-order valence-corrected chi connectivity index (χ1v) is 10.5. The van der Waals surface area contributed by atoms with E-state index in [2.05, 4.69) is 15.7 Å². The molecule has 1 atom stereocenters. The Morgan fingerprint density at radius 2 is 2.21 bits per heavy atom. The van der Waals surface area contributed by atoms with Crippen LogP contribution < -0.4 is 4.72 Å². The Balaban J connectivity index is 1.42. The molecule has 2 aliphatic heterocycles. The highest BCUT2D eigenvalue weighted by atomic mass is 35.5. The Bertz CT molecular complexity index is 664. The topological polar surface area (TPSA) is 58.6 Å². The van der Waals surface area contributed by atoms with Gasteiger partial charge in [0.25, 0.3) is 0 Å². The van der Waals surface area contributed by atoms with Gasteiger partial charge in [0.2, 0.25) is 10.0 Å². The zero-order valence-electron chi connectivity index (χ0n) is 14.0. The lowest BCUT2D eigenvalue weighted by molar-refractivity contribution is -0.181. The fraction of sp³-hybridized carbons (Fsp3) is 0.647. The number of benzene rings is 1. The summed E-state index contributed by atoms with van der Waals surface area (Å²) in [6.07, 6.45) is 2.01. The van der Waals surface area contributed by atoms with E-state index >= 15 is 0 Å². The Morgan fingerprint density at radius 1 is 1.42 bits per heavy atom. The Labute approximate surface area is 149 Å². The summed E-state index contributed by atoms with van der Waals surface area (Å²) in [5, 5.41) is 0.772. The van der Waals surface area contributed by atoms with Crippen LogP contribution >= 0.6 is 11.6 Å². The highest BCUT2D eigenvalue weighted by molar-refractivity contribution is 7.89. The summed E-state index contributed by atoms with van der Waals surface area (Å²) in [6.45, 7) is 5.54. The zero-order chi connectivity index (χ0) is 17.2. The van der Waals surface area contributed by atoms with E-state index in [-0.39, 0.29) is 17.3 Å². The van der Waals surface area contributed by atoms with Crippen LogP contribution in [-0.4, -0.2) is 50.9 Å². The number of rotatable bonds is 6. The summed E-state index contributed by atoms with van der Waals surface area (Å²) in [5.41, 5.74) is 1.19. The first-order chi connectivity index (χ1) is 11.4. The molecule has 2 heterocycles. The molecule has 1 aromatic carbocycles. The van der Waals surface area contributed by atoms with E-state index in [1.807, 2.05) is 18.2 Å². The lowest BCUT2D eigenvalue weighted by atomic mass is 9.83. The van der Waals surface area contributed by atoms with E-state index in [0.717, 1.165) is 37.5 Å². The van der Waals surface area contributed by atoms with Crippen LogP contribution in [0.1, 0.15) is 25.3 Å². The van der Waals surface area contributed by atoms with Gasteiger partial charge in [-0.1, -0.05) is 23.7 Å². The Kier molecular flexibility index (Phi) is 5.52. The van der Waals surface area contributed by atoms with Gasteiger partial charge in [-0.05, 0) is 43.4 Å². The molecule has 1 spiro atoms. The number of nitrogens with zero attached hydrogens (tertiary/aromatic N) is 1. The zero-order valence-corrected chi connectivity index (χ0v) is 15.6. The predicted molar refractivity (Wildman–Crippen MR) is 95.6 cm³/mol. The third-order valence-corrected chi connectivity index (χ3v) is 6.53. The second-order valence-electron chi connectivity index (χ2n) is 6.93. The number of hydrogen-bond acceptors (Lipinski definition) is 4. The quantitative estimate of drug-likeness (QED) is 0.832. The van der Waals surface area contributed by atoms with Crippen LogP contribution in [0.5, 0.6) is 0 Å². The number of halogens is 1. The molecule has 0 bridgehead atoms. The van der Waals surface area contributed by atoms with Crippen LogP contribution in [0, 0.1) is 5.92 Å². The second-order valence-corrected chi connectivity index (χ2v) is 9.46. The molecule has 0 aliphatic carbocycles. The molecule has 5 nitrogen and oxygen atoms in total. The maximum absolute atomic E-state index is 11.5. The summed E-state index contributed by atoms with van der Waals surface area (Å²) in [7, 11) is -3.11. The largest absolute Gasteiger partial charge is 0.372 e. The molecule has 24 heavy (non-hydrogen) atoms. The normalized spacial score (nSPS) is 24.0. The van der Waals surface area contributed by atoms with Crippen molar-refractivity contribution in [1.29, 1.82) is 0 Å². The lowest BCUT2D eigenvalue weighted by Gasteiger charge is -2.53. The number of sulfonamides is 1. The van der Waals surface area contributed by atoms with Crippen LogP contribution in [0.4, 0.5) is 0 Å². The molecule has 0 saturated carbocycles. The molecule has 0 amide bonds. The van der Waals surface area contributed by atoms with E-state index in [1.54, 1.807) is 6.92 Å². The van der Waals surface area contributed by atoms with Gasteiger partial charge in [-0.2, -0.15) is 0 Å². The van der Waals surface area contributed by atoms with E-state index in [1.165, 1.54) is 5.56 Å². The molecule has 1 aromatic rings. The average molecular weight is 373 g/mol. The van der Waals surface area contributed by atoms with Gasteiger partial charge in [0.1, 0.15) is 0 Å². The van der Waals surface area contributed by atoms with Gasteiger partial charge < -0.3 is 4.74 Å². The highest BCUT2D eigenvalue weighted by Crippen LogP contribution is 2.36. The number of hydrogen-bond donors (Lipinski definition) is 1. The molecule has 2 saturated heterocycles. The van der Waals surface area contributed by atoms with Crippen LogP contribution in [0.3, 0.4) is 0 Å². The molecule has 1 unspecified atom stereocenters. The Hall–Kier alpha value is -0.660. The SMILES string of the molecule is CCS(=O)(=O)NCC1CCC2(CN(Cc3cccc(Cl)c3)C2)OC1. The fourth-order valence-electron chi connectivity index (χ4n) is 3.45. The predicted octanol–water partition coefficient (Wildman–Crippen LogP) is 2.26. The molecule has 2 aliphatic rings. The first kappa shape index (κ1) is 18.1. The van der Waals surface area contributed by atoms with Gasteiger partial charge in [-0.3, -0.25) is 4.90 Å². The van der Waals surface area contributed by atoms with E-state index in [9.17, 15) is 8.42 Å². The summed E-state index contributed by atoms with van der Waals surface area (Å²) in [4.78, 5) is 2.37. The number of nitrogens with one attached hydrogen (secondary N) is 1. The third-order valence-electron chi connectivity index (χ3n) is 4.92. The summed E-state index contributed by atoms with van der Waals surface area (Å²) in [6, 6.07) is 7.96. The minimum absolute atomic E-state index is 0.0291. The van der Waals surface area contributed by atoms with Crippen LogP contribution in [-0.2, 0) is 21.3 Å². The van der Waals surface area contributed by atoms with E-state index in [0.29, 0.717) is 13.2 Å². The summed E-state index contributed by atoms with van der Waals surface area (Å²) in [5.74, 6) is 0.405. The molecular formula is C17H25ClN2O3S. The summed E-state index contributed by atoms with van der Waals surface area (Å²) < 4.78 is 31.8. The van der Waals surface area contributed by atoms with Crippen molar-refractivity contribution in [2.75, 3.05) is 32.0 Å². The number of likely N-dealkylation sites (tertiary alicyclic amines) is 1. The average Bonchev–Trinajstić information content (AvgIpc) is 2.53. The minimum Gasteiger partial charge on any atom is -0.372 e. The maximum atomic E-state index is 11.5. The highest BCUT2D eigenvalue weighted by Gasteiger charge is 2.46. The third kappa shape index (κ3) is 4.49. The van der Waals surface area contributed by atoms with Crippen molar-refractivity contribution < 1.29 is 13.2 Å². The van der Waals surface area contributed by atoms with Gasteiger partial charge in [0, 0.05) is 31.2 Å².